The van der Waals surface area contributed by atoms with Crippen LogP contribution in [0, 0.1) is 5.41 Å². The van der Waals surface area contributed by atoms with Crippen molar-refractivity contribution in [2.24, 2.45) is 5.41 Å². The van der Waals surface area contributed by atoms with E-state index in [0.717, 1.165) is 45.3 Å². The van der Waals surface area contributed by atoms with Gasteiger partial charge in [0.05, 0.1) is 5.41 Å². The second kappa shape index (κ2) is 5.50. The van der Waals surface area contributed by atoms with Gasteiger partial charge in [0.2, 0.25) is 5.91 Å². The van der Waals surface area contributed by atoms with Crippen LogP contribution in [0.4, 0.5) is 0 Å². The van der Waals surface area contributed by atoms with Gasteiger partial charge >= 0.3 is 0 Å². The SMILES string of the molecule is CCCCN(C)C(=O)C1(C)CCCNC1. The fraction of sp³-hybridized carbons (Fsp3) is 0.917. The smallest absolute Gasteiger partial charge is 0.229 e. The molecule has 88 valence electrons. The Morgan fingerprint density at radius 1 is 1.53 bits per heavy atom. The molecule has 1 atom stereocenters. The molecule has 1 unspecified atom stereocenters. The molecule has 1 heterocycles. The first-order valence-electron chi connectivity index (χ1n) is 6.06. The van der Waals surface area contributed by atoms with E-state index >= 15 is 0 Å². The maximum Gasteiger partial charge on any atom is 0.229 e. The van der Waals surface area contributed by atoms with Crippen molar-refractivity contribution in [2.75, 3.05) is 26.7 Å². The minimum atomic E-state index is -0.166. The molecule has 0 aromatic carbocycles. The Morgan fingerprint density at radius 3 is 2.80 bits per heavy atom. The molecule has 3 nitrogen and oxygen atoms in total. The molecule has 1 fully saturated rings. The van der Waals surface area contributed by atoms with E-state index in [4.69, 9.17) is 0 Å². The predicted molar refractivity (Wildman–Crippen MR) is 62.8 cm³/mol. The summed E-state index contributed by atoms with van der Waals surface area (Å²) in [6, 6.07) is 0. The van der Waals surface area contributed by atoms with Gasteiger partial charge < -0.3 is 10.2 Å². The average Bonchev–Trinajstić information content (AvgIpc) is 2.26. The van der Waals surface area contributed by atoms with Gasteiger partial charge in [0.25, 0.3) is 0 Å². The zero-order chi connectivity index (χ0) is 11.3. The Kier molecular flexibility index (Phi) is 4.58. The second-order valence-corrected chi connectivity index (χ2v) is 4.92. The Morgan fingerprint density at radius 2 is 2.27 bits per heavy atom. The van der Waals surface area contributed by atoms with Crippen molar-refractivity contribution in [3.05, 3.63) is 0 Å². The summed E-state index contributed by atoms with van der Waals surface area (Å²) in [6.07, 6.45) is 4.39. The summed E-state index contributed by atoms with van der Waals surface area (Å²) in [5, 5.41) is 3.32. The number of carbonyl (C=O) groups excluding carboxylic acids is 1. The van der Waals surface area contributed by atoms with E-state index in [1.807, 2.05) is 11.9 Å². The highest BCUT2D eigenvalue weighted by atomic mass is 16.2. The molecule has 0 aromatic rings. The quantitative estimate of drug-likeness (QED) is 0.768. The third-order valence-corrected chi connectivity index (χ3v) is 3.31. The fourth-order valence-corrected chi connectivity index (χ4v) is 2.20. The number of nitrogens with one attached hydrogen (secondary N) is 1. The summed E-state index contributed by atoms with van der Waals surface area (Å²) < 4.78 is 0. The number of nitrogens with zero attached hydrogens (tertiary/aromatic N) is 1. The van der Waals surface area contributed by atoms with Gasteiger partial charge in [0.15, 0.2) is 0 Å². The van der Waals surface area contributed by atoms with E-state index < -0.39 is 0 Å². The highest BCUT2D eigenvalue weighted by Gasteiger charge is 2.36. The van der Waals surface area contributed by atoms with Gasteiger partial charge in [-0.1, -0.05) is 13.3 Å². The third kappa shape index (κ3) is 3.20. The maximum absolute atomic E-state index is 12.2. The average molecular weight is 212 g/mol. The molecule has 1 saturated heterocycles. The molecule has 1 rings (SSSR count). The molecule has 15 heavy (non-hydrogen) atoms. The first-order chi connectivity index (χ1) is 7.10. The van der Waals surface area contributed by atoms with Crippen molar-refractivity contribution in [3.8, 4) is 0 Å². The Bertz CT molecular complexity index is 210. The van der Waals surface area contributed by atoms with Crippen molar-refractivity contribution in [3.63, 3.8) is 0 Å². The third-order valence-electron chi connectivity index (χ3n) is 3.31. The second-order valence-electron chi connectivity index (χ2n) is 4.92. The fourth-order valence-electron chi connectivity index (χ4n) is 2.20. The largest absolute Gasteiger partial charge is 0.345 e. The van der Waals surface area contributed by atoms with Crippen LogP contribution in [0.15, 0.2) is 0 Å². The molecule has 0 aromatic heterocycles. The summed E-state index contributed by atoms with van der Waals surface area (Å²) in [4.78, 5) is 14.1. The molecular weight excluding hydrogens is 188 g/mol. The van der Waals surface area contributed by atoms with Crippen LogP contribution in [-0.2, 0) is 4.79 Å². The van der Waals surface area contributed by atoms with Gasteiger partial charge in [-0.25, -0.2) is 0 Å². The molecule has 0 radical (unpaired) electrons. The molecule has 1 N–H and O–H groups in total. The summed E-state index contributed by atoms with van der Waals surface area (Å²) in [7, 11) is 1.93. The lowest BCUT2D eigenvalue weighted by molar-refractivity contribution is -0.140. The summed E-state index contributed by atoms with van der Waals surface area (Å²) in [6.45, 7) is 7.03. The number of carbonyl (C=O) groups is 1. The van der Waals surface area contributed by atoms with Crippen molar-refractivity contribution >= 4 is 5.91 Å². The highest BCUT2D eigenvalue weighted by Crippen LogP contribution is 2.27. The Balaban J connectivity index is 2.49. The van der Waals surface area contributed by atoms with Crippen LogP contribution in [0.25, 0.3) is 0 Å². The number of amides is 1. The zero-order valence-corrected chi connectivity index (χ0v) is 10.3. The Labute approximate surface area is 93.2 Å². The minimum Gasteiger partial charge on any atom is -0.345 e. The summed E-state index contributed by atoms with van der Waals surface area (Å²) in [5.74, 6) is 0.308. The van der Waals surface area contributed by atoms with E-state index in [2.05, 4.69) is 19.2 Å². The van der Waals surface area contributed by atoms with Crippen LogP contribution in [0.5, 0.6) is 0 Å². The van der Waals surface area contributed by atoms with Crippen LogP contribution in [0.1, 0.15) is 39.5 Å². The minimum absolute atomic E-state index is 0.166. The van der Waals surface area contributed by atoms with Crippen LogP contribution in [0.3, 0.4) is 0 Å². The topological polar surface area (TPSA) is 32.3 Å². The van der Waals surface area contributed by atoms with Gasteiger partial charge in [-0.2, -0.15) is 0 Å². The molecular formula is C12H24N2O. The maximum atomic E-state index is 12.2. The van der Waals surface area contributed by atoms with Crippen LogP contribution >= 0.6 is 0 Å². The van der Waals surface area contributed by atoms with E-state index in [1.54, 1.807) is 0 Å². The van der Waals surface area contributed by atoms with E-state index in [0.29, 0.717) is 5.91 Å². The number of unbranched alkanes of at least 4 members (excludes halogenated alkanes) is 1. The van der Waals surface area contributed by atoms with Crippen LogP contribution < -0.4 is 5.32 Å². The molecule has 0 bridgehead atoms. The van der Waals surface area contributed by atoms with Gasteiger partial charge in [0, 0.05) is 20.1 Å². The normalized spacial score (nSPS) is 26.3. The number of piperidine rings is 1. The summed E-state index contributed by atoms with van der Waals surface area (Å²) >= 11 is 0. The first kappa shape index (κ1) is 12.5. The van der Waals surface area contributed by atoms with Crippen molar-refractivity contribution in [1.82, 2.24) is 10.2 Å². The van der Waals surface area contributed by atoms with Gasteiger partial charge in [-0.3, -0.25) is 4.79 Å². The molecule has 0 saturated carbocycles. The van der Waals surface area contributed by atoms with Gasteiger partial charge in [0.1, 0.15) is 0 Å². The standard InChI is InChI=1S/C12H24N2O/c1-4-5-9-14(3)11(15)12(2)7-6-8-13-10-12/h13H,4-10H2,1-3H3. The number of hydrogen-bond acceptors (Lipinski definition) is 2. The summed E-state index contributed by atoms with van der Waals surface area (Å²) in [5.41, 5.74) is -0.166. The molecule has 1 amide bonds. The highest BCUT2D eigenvalue weighted by molar-refractivity contribution is 5.82. The van der Waals surface area contributed by atoms with Crippen molar-refractivity contribution in [1.29, 1.82) is 0 Å². The monoisotopic (exact) mass is 212 g/mol. The van der Waals surface area contributed by atoms with E-state index in [1.165, 1.54) is 0 Å². The predicted octanol–water partition coefficient (Wildman–Crippen LogP) is 1.63. The molecule has 1 aliphatic heterocycles. The van der Waals surface area contributed by atoms with E-state index in [-0.39, 0.29) is 5.41 Å². The first-order valence-corrected chi connectivity index (χ1v) is 6.06. The zero-order valence-electron chi connectivity index (χ0n) is 10.3. The van der Waals surface area contributed by atoms with Crippen LogP contribution in [0.2, 0.25) is 0 Å². The number of rotatable bonds is 4. The van der Waals surface area contributed by atoms with E-state index in [9.17, 15) is 4.79 Å². The van der Waals surface area contributed by atoms with Crippen molar-refractivity contribution < 1.29 is 4.79 Å². The van der Waals surface area contributed by atoms with Gasteiger partial charge in [-0.15, -0.1) is 0 Å². The lowest BCUT2D eigenvalue weighted by atomic mass is 9.81. The molecule has 1 aliphatic rings. The lowest BCUT2D eigenvalue weighted by Crippen LogP contribution is -2.49. The van der Waals surface area contributed by atoms with Gasteiger partial charge in [-0.05, 0) is 32.7 Å². The molecule has 0 spiro atoms. The van der Waals surface area contributed by atoms with Crippen LogP contribution in [-0.4, -0.2) is 37.5 Å². The lowest BCUT2D eigenvalue weighted by Gasteiger charge is -2.36. The van der Waals surface area contributed by atoms with Crippen molar-refractivity contribution in [2.45, 2.75) is 39.5 Å². The number of hydrogen-bond donors (Lipinski definition) is 1. The molecule has 0 aliphatic carbocycles. The Hall–Kier alpha value is -0.570. The molecule has 3 heteroatoms.